The highest BCUT2D eigenvalue weighted by Crippen LogP contribution is 2.34. The van der Waals surface area contributed by atoms with Gasteiger partial charge < -0.3 is 10.1 Å². The molecule has 26 heavy (non-hydrogen) atoms. The smallest absolute Gasteiger partial charge is 0.271 e. The highest BCUT2D eigenvalue weighted by Gasteiger charge is 2.15. The van der Waals surface area contributed by atoms with Crippen molar-refractivity contribution in [1.82, 2.24) is 0 Å². The number of non-ortho nitro benzene ring substituents is 1. The fraction of sp³-hybridized carbons (Fsp3) is 0.0588. The van der Waals surface area contributed by atoms with Crippen molar-refractivity contribution in [3.8, 4) is 11.8 Å². The summed E-state index contributed by atoms with van der Waals surface area (Å²) in [6, 6.07) is 10.7. The Bertz CT molecular complexity index is 952. The molecular formula is C17H11Br2N3O4. The lowest BCUT2D eigenvalue weighted by molar-refractivity contribution is -0.384. The summed E-state index contributed by atoms with van der Waals surface area (Å²) >= 11 is 6.69. The highest BCUT2D eigenvalue weighted by atomic mass is 79.9. The molecule has 2 rings (SSSR count). The van der Waals surface area contributed by atoms with Crippen molar-refractivity contribution in [3.05, 3.63) is 66.6 Å². The average Bonchev–Trinajstić information content (AvgIpc) is 2.59. The highest BCUT2D eigenvalue weighted by molar-refractivity contribution is 9.11. The number of hydrogen-bond donors (Lipinski definition) is 1. The van der Waals surface area contributed by atoms with E-state index in [1.165, 1.54) is 37.5 Å². The van der Waals surface area contributed by atoms with Gasteiger partial charge in [-0.3, -0.25) is 14.9 Å². The molecule has 2 aromatic rings. The van der Waals surface area contributed by atoms with E-state index in [-0.39, 0.29) is 16.9 Å². The molecule has 0 aliphatic rings. The van der Waals surface area contributed by atoms with Crippen molar-refractivity contribution < 1.29 is 14.5 Å². The van der Waals surface area contributed by atoms with Gasteiger partial charge in [-0.25, -0.2) is 0 Å². The molecule has 1 N–H and O–H groups in total. The van der Waals surface area contributed by atoms with Gasteiger partial charge >= 0.3 is 0 Å². The second-order valence-electron chi connectivity index (χ2n) is 4.94. The van der Waals surface area contributed by atoms with E-state index in [4.69, 9.17) is 4.74 Å². The summed E-state index contributed by atoms with van der Waals surface area (Å²) in [6.45, 7) is 0. The molecule has 0 aliphatic carbocycles. The van der Waals surface area contributed by atoms with Crippen LogP contribution in [-0.2, 0) is 4.79 Å². The van der Waals surface area contributed by atoms with Gasteiger partial charge in [0.1, 0.15) is 17.4 Å². The summed E-state index contributed by atoms with van der Waals surface area (Å²) in [7, 11) is 1.47. The third-order valence-corrected chi connectivity index (χ3v) is 4.27. The maximum Gasteiger partial charge on any atom is 0.271 e. The number of ether oxygens (including phenoxy) is 1. The van der Waals surface area contributed by atoms with E-state index in [1.54, 1.807) is 12.1 Å². The number of halogens is 2. The number of nitro groups is 1. The molecule has 0 radical (unpaired) electrons. The Morgan fingerprint density at radius 3 is 2.69 bits per heavy atom. The summed E-state index contributed by atoms with van der Waals surface area (Å²) in [6.07, 6.45) is 1.38. The van der Waals surface area contributed by atoms with Crippen molar-refractivity contribution in [3.63, 3.8) is 0 Å². The van der Waals surface area contributed by atoms with E-state index < -0.39 is 10.8 Å². The third kappa shape index (κ3) is 4.68. The summed E-state index contributed by atoms with van der Waals surface area (Å²) in [5, 5.41) is 22.6. The fourth-order valence-corrected chi connectivity index (χ4v) is 3.52. The molecule has 0 saturated heterocycles. The standard InChI is InChI=1S/C17H11Br2N3O4/c1-26-16-10(6-12(18)7-15(16)19)5-11(9-20)17(23)21-13-3-2-4-14(8-13)22(24)25/h2-8H,1H3,(H,21,23)/b11-5+. The Balaban J connectivity index is 2.35. The fourth-order valence-electron chi connectivity index (χ4n) is 2.10. The van der Waals surface area contributed by atoms with Crippen LogP contribution in [0.5, 0.6) is 5.75 Å². The third-order valence-electron chi connectivity index (χ3n) is 3.22. The number of rotatable bonds is 5. The van der Waals surface area contributed by atoms with Crippen molar-refractivity contribution >= 4 is 55.2 Å². The molecule has 0 heterocycles. The molecule has 0 spiro atoms. The first-order valence-electron chi connectivity index (χ1n) is 7.06. The normalized spacial score (nSPS) is 10.8. The Labute approximate surface area is 165 Å². The number of nitro benzene ring substituents is 1. The Morgan fingerprint density at radius 2 is 2.08 bits per heavy atom. The Hall–Kier alpha value is -2.70. The molecular weight excluding hydrogens is 470 g/mol. The van der Waals surface area contributed by atoms with Crippen LogP contribution >= 0.6 is 31.9 Å². The van der Waals surface area contributed by atoms with Gasteiger partial charge in [0.2, 0.25) is 0 Å². The molecule has 132 valence electrons. The minimum atomic E-state index is -0.689. The topological polar surface area (TPSA) is 105 Å². The Kier molecular flexibility index (Phi) is 6.49. The number of nitrogens with zero attached hydrogens (tertiary/aromatic N) is 2. The van der Waals surface area contributed by atoms with Crippen LogP contribution in [0.2, 0.25) is 0 Å². The quantitative estimate of drug-likeness (QED) is 0.289. The Morgan fingerprint density at radius 1 is 1.35 bits per heavy atom. The van der Waals surface area contributed by atoms with Crippen molar-refractivity contribution in [2.75, 3.05) is 12.4 Å². The molecule has 0 saturated carbocycles. The van der Waals surface area contributed by atoms with Crippen LogP contribution in [0.4, 0.5) is 11.4 Å². The SMILES string of the molecule is COc1c(Br)cc(Br)cc1/C=C(\C#N)C(=O)Nc1cccc([N+](=O)[O-])c1. The number of amides is 1. The van der Waals surface area contributed by atoms with E-state index in [1.807, 2.05) is 6.07 Å². The largest absolute Gasteiger partial charge is 0.495 e. The van der Waals surface area contributed by atoms with Crippen LogP contribution in [0.3, 0.4) is 0 Å². The number of carbonyl (C=O) groups is 1. The molecule has 0 fully saturated rings. The van der Waals surface area contributed by atoms with Crippen LogP contribution in [-0.4, -0.2) is 17.9 Å². The van der Waals surface area contributed by atoms with E-state index in [0.717, 1.165) is 4.47 Å². The molecule has 7 nitrogen and oxygen atoms in total. The predicted octanol–water partition coefficient (Wildman–Crippen LogP) is 4.67. The maximum atomic E-state index is 12.4. The molecule has 2 aromatic carbocycles. The molecule has 9 heteroatoms. The number of anilines is 1. The predicted molar refractivity (Wildman–Crippen MR) is 104 cm³/mol. The molecule has 0 bridgehead atoms. The van der Waals surface area contributed by atoms with Gasteiger partial charge in [0.25, 0.3) is 11.6 Å². The summed E-state index contributed by atoms with van der Waals surface area (Å²) < 4.78 is 6.67. The first-order valence-corrected chi connectivity index (χ1v) is 8.65. The maximum absolute atomic E-state index is 12.4. The lowest BCUT2D eigenvalue weighted by Gasteiger charge is -2.09. The number of benzene rings is 2. The number of carbonyl (C=O) groups excluding carboxylic acids is 1. The van der Waals surface area contributed by atoms with Crippen LogP contribution in [0.25, 0.3) is 6.08 Å². The zero-order chi connectivity index (χ0) is 19.3. The second-order valence-corrected chi connectivity index (χ2v) is 6.71. The summed E-state index contributed by atoms with van der Waals surface area (Å²) in [4.78, 5) is 22.6. The summed E-state index contributed by atoms with van der Waals surface area (Å²) in [5.74, 6) is -0.227. The number of hydrogen-bond acceptors (Lipinski definition) is 5. The summed E-state index contributed by atoms with van der Waals surface area (Å²) in [5.41, 5.74) is 0.384. The average molecular weight is 481 g/mol. The van der Waals surface area contributed by atoms with Crippen LogP contribution in [0.1, 0.15) is 5.56 Å². The number of nitrogens with one attached hydrogen (secondary N) is 1. The lowest BCUT2D eigenvalue weighted by Crippen LogP contribution is -2.13. The molecule has 0 aromatic heterocycles. The van der Waals surface area contributed by atoms with Crippen molar-refractivity contribution in [1.29, 1.82) is 5.26 Å². The van der Waals surface area contributed by atoms with E-state index in [9.17, 15) is 20.2 Å². The zero-order valence-electron chi connectivity index (χ0n) is 13.3. The molecule has 0 aliphatic heterocycles. The van der Waals surface area contributed by atoms with Gasteiger partial charge in [0.15, 0.2) is 0 Å². The zero-order valence-corrected chi connectivity index (χ0v) is 16.5. The van der Waals surface area contributed by atoms with Crippen LogP contribution < -0.4 is 10.1 Å². The van der Waals surface area contributed by atoms with Gasteiger partial charge in [-0.1, -0.05) is 22.0 Å². The van der Waals surface area contributed by atoms with E-state index in [0.29, 0.717) is 15.8 Å². The van der Waals surface area contributed by atoms with Gasteiger partial charge in [-0.2, -0.15) is 5.26 Å². The minimum absolute atomic E-state index is 0.164. The lowest BCUT2D eigenvalue weighted by atomic mass is 10.1. The van der Waals surface area contributed by atoms with Crippen LogP contribution in [0.15, 0.2) is 50.9 Å². The first-order chi connectivity index (χ1) is 12.3. The number of nitriles is 1. The first kappa shape index (κ1) is 19.6. The van der Waals surface area contributed by atoms with Gasteiger partial charge in [0.05, 0.1) is 16.5 Å². The van der Waals surface area contributed by atoms with E-state index in [2.05, 4.69) is 37.2 Å². The second kappa shape index (κ2) is 8.60. The monoisotopic (exact) mass is 479 g/mol. The van der Waals surface area contributed by atoms with E-state index >= 15 is 0 Å². The molecule has 0 atom stereocenters. The molecule has 0 unspecified atom stereocenters. The van der Waals surface area contributed by atoms with Crippen molar-refractivity contribution in [2.24, 2.45) is 0 Å². The molecule has 1 amide bonds. The number of methoxy groups -OCH3 is 1. The minimum Gasteiger partial charge on any atom is -0.495 e. The van der Waals surface area contributed by atoms with Gasteiger partial charge in [0, 0.05) is 27.9 Å². The van der Waals surface area contributed by atoms with Crippen molar-refractivity contribution in [2.45, 2.75) is 0 Å². The van der Waals surface area contributed by atoms with Crippen LogP contribution in [0, 0.1) is 21.4 Å². The van der Waals surface area contributed by atoms with Gasteiger partial charge in [-0.05, 0) is 40.2 Å². The van der Waals surface area contributed by atoms with Gasteiger partial charge in [-0.15, -0.1) is 0 Å².